The summed E-state index contributed by atoms with van der Waals surface area (Å²) in [6, 6.07) is 4.36. The maximum Gasteiger partial charge on any atom is 0.271 e. The fraction of sp³-hybridized carbons (Fsp3) is 0.526. The Hall–Kier alpha value is -2.33. The molecule has 9 nitrogen and oxygen atoms in total. The highest BCUT2D eigenvalue weighted by atomic mass is 35.5. The van der Waals surface area contributed by atoms with Crippen molar-refractivity contribution in [2.75, 3.05) is 23.3 Å². The van der Waals surface area contributed by atoms with Crippen LogP contribution >= 0.6 is 23.4 Å². The van der Waals surface area contributed by atoms with Crippen molar-refractivity contribution in [2.45, 2.75) is 55.5 Å². The van der Waals surface area contributed by atoms with Gasteiger partial charge in [0, 0.05) is 31.3 Å². The molecule has 2 aromatic rings. The van der Waals surface area contributed by atoms with Crippen molar-refractivity contribution >= 4 is 46.6 Å². The summed E-state index contributed by atoms with van der Waals surface area (Å²) in [4.78, 5) is 25.5. The van der Waals surface area contributed by atoms with Gasteiger partial charge in [-0.25, -0.2) is 0 Å². The van der Waals surface area contributed by atoms with Gasteiger partial charge in [-0.05, 0) is 45.1 Å². The van der Waals surface area contributed by atoms with Gasteiger partial charge in [-0.15, -0.1) is 10.2 Å². The number of halogens is 1. The topological polar surface area (TPSA) is 106 Å². The Morgan fingerprint density at radius 1 is 1.30 bits per heavy atom. The number of anilines is 2. The van der Waals surface area contributed by atoms with Gasteiger partial charge in [0.15, 0.2) is 5.16 Å². The number of piperidine rings is 1. The van der Waals surface area contributed by atoms with E-state index in [0.29, 0.717) is 6.04 Å². The number of benzene rings is 1. The average molecular weight is 451 g/mol. The van der Waals surface area contributed by atoms with Crippen LogP contribution in [-0.2, 0) is 4.79 Å². The van der Waals surface area contributed by atoms with Gasteiger partial charge in [0.1, 0.15) is 0 Å². The third-order valence-electron chi connectivity index (χ3n) is 5.27. The highest BCUT2D eigenvalue weighted by Gasteiger charge is 2.33. The first kappa shape index (κ1) is 20.9. The number of thioether (sulfide) groups is 1. The van der Waals surface area contributed by atoms with Crippen molar-refractivity contribution in [3.63, 3.8) is 0 Å². The summed E-state index contributed by atoms with van der Waals surface area (Å²) in [5.74, 6) is 0.598. The van der Waals surface area contributed by atoms with Crippen LogP contribution in [0.25, 0.3) is 0 Å². The Balaban J connectivity index is 1.48. The zero-order valence-corrected chi connectivity index (χ0v) is 18.2. The molecule has 1 aromatic carbocycles. The Morgan fingerprint density at radius 3 is 2.70 bits per heavy atom. The minimum absolute atomic E-state index is 0.130. The number of nitro groups is 1. The number of hydrogen-bond donors (Lipinski definition) is 1. The van der Waals surface area contributed by atoms with E-state index in [0.717, 1.165) is 49.9 Å². The summed E-state index contributed by atoms with van der Waals surface area (Å²) < 4.78 is 2.17. The van der Waals surface area contributed by atoms with E-state index in [2.05, 4.69) is 25.0 Å². The average Bonchev–Trinajstić information content (AvgIpc) is 3.50. The molecule has 2 aliphatic rings. The molecule has 1 N–H and O–H groups in total. The van der Waals surface area contributed by atoms with Gasteiger partial charge in [-0.1, -0.05) is 23.4 Å². The molecule has 1 aromatic heterocycles. The summed E-state index contributed by atoms with van der Waals surface area (Å²) in [5, 5.41) is 23.0. The number of carbonyl (C=O) groups excluding carboxylic acids is 1. The molecule has 0 spiro atoms. The van der Waals surface area contributed by atoms with Crippen LogP contribution in [0.1, 0.15) is 45.1 Å². The Bertz CT molecular complexity index is 958. The number of nitro benzene ring substituents is 1. The minimum atomic E-state index is -0.523. The van der Waals surface area contributed by atoms with Crippen LogP contribution in [-0.4, -0.2) is 43.9 Å². The molecule has 1 saturated heterocycles. The lowest BCUT2D eigenvalue weighted by Crippen LogP contribution is -2.32. The SMILES string of the molecule is CC(Sc1nnc(N2CCCCC2)n1C1CC1)C(=O)Nc1cc([N+](=O)[O-])ccc1Cl. The van der Waals surface area contributed by atoms with Gasteiger partial charge in [0.25, 0.3) is 5.69 Å². The molecule has 2 heterocycles. The first-order valence-electron chi connectivity index (χ1n) is 10.1. The van der Waals surface area contributed by atoms with Crippen molar-refractivity contribution in [1.82, 2.24) is 14.8 Å². The molecule has 30 heavy (non-hydrogen) atoms. The fourth-order valence-corrected chi connectivity index (χ4v) is 4.56. The number of nitrogens with zero attached hydrogens (tertiary/aromatic N) is 5. The first-order valence-corrected chi connectivity index (χ1v) is 11.3. The number of non-ortho nitro benzene ring substituents is 1. The summed E-state index contributed by atoms with van der Waals surface area (Å²) in [5.41, 5.74) is 0.0932. The van der Waals surface area contributed by atoms with E-state index >= 15 is 0 Å². The maximum atomic E-state index is 12.7. The summed E-state index contributed by atoms with van der Waals surface area (Å²) in [6.45, 7) is 3.74. The van der Waals surface area contributed by atoms with E-state index in [9.17, 15) is 14.9 Å². The van der Waals surface area contributed by atoms with Crippen LogP contribution in [0.5, 0.6) is 0 Å². The van der Waals surface area contributed by atoms with Crippen molar-refractivity contribution in [3.05, 3.63) is 33.3 Å². The molecular weight excluding hydrogens is 428 g/mol. The van der Waals surface area contributed by atoms with E-state index in [1.807, 2.05) is 0 Å². The quantitative estimate of drug-likeness (QED) is 0.381. The molecule has 1 unspecified atom stereocenters. The molecule has 1 aliphatic carbocycles. The molecule has 0 radical (unpaired) electrons. The van der Waals surface area contributed by atoms with Crippen molar-refractivity contribution in [3.8, 4) is 0 Å². The largest absolute Gasteiger partial charge is 0.341 e. The fourth-order valence-electron chi connectivity index (χ4n) is 3.48. The van der Waals surface area contributed by atoms with Crippen molar-refractivity contribution in [2.24, 2.45) is 0 Å². The lowest BCUT2D eigenvalue weighted by molar-refractivity contribution is -0.384. The zero-order valence-electron chi connectivity index (χ0n) is 16.6. The number of hydrogen-bond acceptors (Lipinski definition) is 7. The second-order valence-corrected chi connectivity index (χ2v) is 9.32. The summed E-state index contributed by atoms with van der Waals surface area (Å²) >= 11 is 7.44. The highest BCUT2D eigenvalue weighted by Crippen LogP contribution is 2.42. The number of carbonyl (C=O) groups is 1. The molecular formula is C19H23ClN6O3S. The molecule has 2 fully saturated rings. The van der Waals surface area contributed by atoms with E-state index in [1.165, 1.54) is 36.4 Å². The minimum Gasteiger partial charge on any atom is -0.341 e. The highest BCUT2D eigenvalue weighted by molar-refractivity contribution is 8.00. The number of aromatic nitrogens is 3. The molecule has 4 rings (SSSR count). The normalized spacial score (nSPS) is 17.6. The van der Waals surface area contributed by atoms with E-state index < -0.39 is 10.2 Å². The van der Waals surface area contributed by atoms with E-state index in [4.69, 9.17) is 11.6 Å². The van der Waals surface area contributed by atoms with Crippen molar-refractivity contribution in [1.29, 1.82) is 0 Å². The second-order valence-electron chi connectivity index (χ2n) is 7.60. The molecule has 1 amide bonds. The molecule has 1 atom stereocenters. The molecule has 11 heteroatoms. The first-order chi connectivity index (χ1) is 14.4. The zero-order chi connectivity index (χ0) is 21.3. The van der Waals surface area contributed by atoms with Gasteiger partial charge < -0.3 is 10.2 Å². The molecule has 1 aliphatic heterocycles. The standard InChI is InChI=1S/C19H23ClN6O3S/c1-12(17(27)21-16-11-14(26(28)29)7-8-15(16)20)30-19-23-22-18(25(19)13-5-6-13)24-9-3-2-4-10-24/h7-8,11-13H,2-6,9-10H2,1H3,(H,21,27). The molecule has 1 saturated carbocycles. The lowest BCUT2D eigenvalue weighted by atomic mass is 10.1. The number of nitrogens with one attached hydrogen (secondary N) is 1. The van der Waals surface area contributed by atoms with Crippen LogP contribution in [0.4, 0.5) is 17.3 Å². The van der Waals surface area contributed by atoms with Gasteiger partial charge in [-0.2, -0.15) is 0 Å². The van der Waals surface area contributed by atoms with Gasteiger partial charge in [-0.3, -0.25) is 19.5 Å². The predicted octanol–water partition coefficient (Wildman–Crippen LogP) is 4.28. The van der Waals surface area contributed by atoms with E-state index in [1.54, 1.807) is 6.92 Å². The summed E-state index contributed by atoms with van der Waals surface area (Å²) in [7, 11) is 0. The second kappa shape index (κ2) is 8.81. The summed E-state index contributed by atoms with van der Waals surface area (Å²) in [6.07, 6.45) is 5.74. The van der Waals surface area contributed by atoms with Crippen LogP contribution in [0.2, 0.25) is 5.02 Å². The van der Waals surface area contributed by atoms with Crippen LogP contribution in [0.15, 0.2) is 23.4 Å². The van der Waals surface area contributed by atoms with Crippen LogP contribution < -0.4 is 10.2 Å². The molecule has 0 bridgehead atoms. The maximum absolute atomic E-state index is 12.7. The number of amides is 1. The molecule has 160 valence electrons. The Morgan fingerprint density at radius 2 is 2.03 bits per heavy atom. The lowest BCUT2D eigenvalue weighted by Gasteiger charge is -2.28. The third kappa shape index (κ3) is 4.54. The Labute approximate surface area is 183 Å². The smallest absolute Gasteiger partial charge is 0.271 e. The Kier molecular flexibility index (Phi) is 6.14. The van der Waals surface area contributed by atoms with E-state index in [-0.39, 0.29) is 22.3 Å². The van der Waals surface area contributed by atoms with Crippen LogP contribution in [0, 0.1) is 10.1 Å². The van der Waals surface area contributed by atoms with Gasteiger partial charge in [0.05, 0.1) is 20.9 Å². The van der Waals surface area contributed by atoms with Gasteiger partial charge >= 0.3 is 0 Å². The number of rotatable bonds is 7. The monoisotopic (exact) mass is 450 g/mol. The third-order valence-corrected chi connectivity index (χ3v) is 6.65. The van der Waals surface area contributed by atoms with Crippen LogP contribution in [0.3, 0.4) is 0 Å². The van der Waals surface area contributed by atoms with Crippen molar-refractivity contribution < 1.29 is 9.72 Å². The predicted molar refractivity (Wildman–Crippen MR) is 116 cm³/mol. The van der Waals surface area contributed by atoms with Gasteiger partial charge in [0.2, 0.25) is 11.9 Å².